The molecule has 94 valence electrons. The van der Waals surface area contributed by atoms with E-state index in [1.807, 2.05) is 6.07 Å². The number of nitrogens with two attached hydrogens (primary N) is 1. The van der Waals surface area contributed by atoms with Gasteiger partial charge in [0.25, 0.3) is 5.56 Å². The fourth-order valence-electron chi connectivity index (χ4n) is 2.30. The zero-order valence-electron chi connectivity index (χ0n) is 9.80. The van der Waals surface area contributed by atoms with Crippen LogP contribution in [0.15, 0.2) is 23.1 Å². The van der Waals surface area contributed by atoms with Gasteiger partial charge in [0.1, 0.15) is 0 Å². The second kappa shape index (κ2) is 4.92. The van der Waals surface area contributed by atoms with Gasteiger partial charge in [-0.25, -0.2) is 0 Å². The van der Waals surface area contributed by atoms with Gasteiger partial charge >= 0.3 is 0 Å². The first-order valence-electron chi connectivity index (χ1n) is 5.76. The predicted molar refractivity (Wildman–Crippen MR) is 65.5 cm³/mol. The summed E-state index contributed by atoms with van der Waals surface area (Å²) in [6.07, 6.45) is 2.32. The Kier molecular flexibility index (Phi) is 3.33. The molecule has 1 aliphatic rings. The van der Waals surface area contributed by atoms with Crippen LogP contribution in [-0.2, 0) is 4.79 Å². The average Bonchev–Trinajstić information content (AvgIpc) is 2.76. The van der Waals surface area contributed by atoms with E-state index in [1.165, 1.54) is 10.6 Å². The van der Waals surface area contributed by atoms with E-state index in [2.05, 4.69) is 5.32 Å². The van der Waals surface area contributed by atoms with Crippen LogP contribution in [0.3, 0.4) is 0 Å². The molecule has 18 heavy (non-hydrogen) atoms. The van der Waals surface area contributed by atoms with Gasteiger partial charge in [0.05, 0.1) is 30.1 Å². The first-order chi connectivity index (χ1) is 8.65. The molecule has 0 radical (unpaired) electrons. The first kappa shape index (κ1) is 12.2. The van der Waals surface area contributed by atoms with Gasteiger partial charge in [-0.1, -0.05) is 0 Å². The Hall–Kier alpha value is -2.29. The Bertz CT molecular complexity index is 558. The molecule has 1 amide bonds. The minimum absolute atomic E-state index is 0.107. The molecule has 2 atom stereocenters. The minimum atomic E-state index is -0.450. The normalized spacial score (nSPS) is 20.2. The average molecular weight is 246 g/mol. The lowest BCUT2D eigenvalue weighted by Crippen LogP contribution is -2.33. The Balaban J connectivity index is 2.42. The second-order valence-corrected chi connectivity index (χ2v) is 4.29. The highest BCUT2D eigenvalue weighted by Crippen LogP contribution is 2.26. The summed E-state index contributed by atoms with van der Waals surface area (Å²) in [4.78, 5) is 23.6. The van der Waals surface area contributed by atoms with Gasteiger partial charge in [-0.15, -0.1) is 0 Å². The number of pyridine rings is 1. The van der Waals surface area contributed by atoms with E-state index in [1.54, 1.807) is 12.3 Å². The molecular formula is C12H14N4O2. The van der Waals surface area contributed by atoms with Crippen molar-refractivity contribution in [3.8, 4) is 6.07 Å². The quantitative estimate of drug-likeness (QED) is 0.785. The number of anilines is 1. The summed E-state index contributed by atoms with van der Waals surface area (Å²) >= 11 is 0. The summed E-state index contributed by atoms with van der Waals surface area (Å²) in [6.45, 7) is 0.586. The molecule has 1 saturated heterocycles. The maximum atomic E-state index is 11.9. The molecule has 6 nitrogen and oxygen atoms in total. The largest absolute Gasteiger partial charge is 0.394 e. The van der Waals surface area contributed by atoms with E-state index in [9.17, 15) is 9.59 Å². The van der Waals surface area contributed by atoms with Crippen molar-refractivity contribution in [2.45, 2.75) is 18.9 Å². The number of amides is 1. The van der Waals surface area contributed by atoms with Crippen LogP contribution in [0.2, 0.25) is 0 Å². The van der Waals surface area contributed by atoms with Gasteiger partial charge in [-0.2, -0.15) is 5.26 Å². The van der Waals surface area contributed by atoms with Crippen LogP contribution in [0.4, 0.5) is 5.69 Å². The van der Waals surface area contributed by atoms with Crippen LogP contribution in [0.1, 0.15) is 18.9 Å². The standard InChI is InChI=1S/C12H14N4O2/c13-5-3-10(8-4-6-15-11(8)17)16-7-1-2-9(14)12(16)18/h1-2,7-8,10H,3-4,6,14H2,(H,15,17)/t8-,10?/m0/s1. The third-order valence-corrected chi connectivity index (χ3v) is 3.22. The van der Waals surface area contributed by atoms with Crippen LogP contribution in [-0.4, -0.2) is 17.0 Å². The molecule has 0 aromatic carbocycles. The van der Waals surface area contributed by atoms with Gasteiger partial charge in [-0.05, 0) is 18.6 Å². The number of rotatable bonds is 3. The Morgan fingerprint density at radius 3 is 3.00 bits per heavy atom. The number of nitrogens with one attached hydrogen (secondary N) is 1. The molecule has 1 aromatic heterocycles. The minimum Gasteiger partial charge on any atom is -0.394 e. The van der Waals surface area contributed by atoms with Gasteiger partial charge in [-0.3, -0.25) is 9.59 Å². The molecule has 0 bridgehead atoms. The smallest absolute Gasteiger partial charge is 0.273 e. The van der Waals surface area contributed by atoms with Crippen molar-refractivity contribution >= 4 is 11.6 Å². The van der Waals surface area contributed by atoms with E-state index in [4.69, 9.17) is 11.0 Å². The van der Waals surface area contributed by atoms with Gasteiger partial charge in [0.15, 0.2) is 0 Å². The summed E-state index contributed by atoms with van der Waals surface area (Å²) in [5.41, 5.74) is 5.35. The SMILES string of the molecule is N#CCC([C@@H]1CCNC1=O)n1cccc(N)c1=O. The molecule has 0 saturated carbocycles. The maximum Gasteiger partial charge on any atom is 0.273 e. The fraction of sp³-hybridized carbons (Fsp3) is 0.417. The molecule has 0 aliphatic carbocycles. The Morgan fingerprint density at radius 1 is 1.61 bits per heavy atom. The molecule has 2 heterocycles. The highest BCUT2D eigenvalue weighted by atomic mass is 16.2. The number of carbonyl (C=O) groups is 1. The van der Waals surface area contributed by atoms with Crippen molar-refractivity contribution in [3.05, 3.63) is 28.7 Å². The number of carbonyl (C=O) groups excluding carboxylic acids is 1. The number of nitriles is 1. The number of hydrogen-bond acceptors (Lipinski definition) is 4. The zero-order chi connectivity index (χ0) is 13.1. The maximum absolute atomic E-state index is 11.9. The molecule has 6 heteroatoms. The molecule has 3 N–H and O–H groups in total. The van der Waals surface area contributed by atoms with Gasteiger partial charge < -0.3 is 15.6 Å². The summed E-state index contributed by atoms with van der Waals surface area (Å²) < 4.78 is 1.40. The number of nitrogen functional groups attached to an aromatic ring is 1. The summed E-state index contributed by atoms with van der Waals surface area (Å²) in [5, 5.41) is 11.6. The van der Waals surface area contributed by atoms with E-state index >= 15 is 0 Å². The molecule has 2 rings (SSSR count). The monoisotopic (exact) mass is 246 g/mol. The molecule has 1 aromatic rings. The van der Waals surface area contributed by atoms with E-state index in [0.717, 1.165) is 0 Å². The van der Waals surface area contributed by atoms with E-state index in [-0.39, 0.29) is 29.5 Å². The Morgan fingerprint density at radius 2 is 2.39 bits per heavy atom. The van der Waals surface area contributed by atoms with Crippen LogP contribution in [0.25, 0.3) is 0 Å². The van der Waals surface area contributed by atoms with Crippen LogP contribution >= 0.6 is 0 Å². The fourth-order valence-corrected chi connectivity index (χ4v) is 2.30. The predicted octanol–water partition coefficient (Wildman–Crippen LogP) is 0.0214. The molecule has 1 aliphatic heterocycles. The lowest BCUT2D eigenvalue weighted by molar-refractivity contribution is -0.123. The van der Waals surface area contributed by atoms with Crippen molar-refractivity contribution < 1.29 is 4.79 Å². The number of nitrogens with zero attached hydrogens (tertiary/aromatic N) is 2. The van der Waals surface area contributed by atoms with E-state index < -0.39 is 6.04 Å². The lowest BCUT2D eigenvalue weighted by Gasteiger charge is -2.21. The van der Waals surface area contributed by atoms with Crippen molar-refractivity contribution in [2.75, 3.05) is 12.3 Å². The van der Waals surface area contributed by atoms with Gasteiger partial charge in [0.2, 0.25) is 5.91 Å². The van der Waals surface area contributed by atoms with Crippen LogP contribution in [0, 0.1) is 17.2 Å². The molecule has 1 fully saturated rings. The third-order valence-electron chi connectivity index (χ3n) is 3.22. The second-order valence-electron chi connectivity index (χ2n) is 4.29. The molecule has 1 unspecified atom stereocenters. The van der Waals surface area contributed by atoms with Crippen molar-refractivity contribution in [3.63, 3.8) is 0 Å². The summed E-state index contributed by atoms with van der Waals surface area (Å²) in [5.74, 6) is -0.450. The van der Waals surface area contributed by atoms with Crippen molar-refractivity contribution in [1.82, 2.24) is 9.88 Å². The van der Waals surface area contributed by atoms with Crippen LogP contribution < -0.4 is 16.6 Å². The van der Waals surface area contributed by atoms with Crippen molar-refractivity contribution in [2.24, 2.45) is 5.92 Å². The van der Waals surface area contributed by atoms with Crippen molar-refractivity contribution in [1.29, 1.82) is 5.26 Å². The lowest BCUT2D eigenvalue weighted by atomic mass is 9.95. The summed E-state index contributed by atoms with van der Waals surface area (Å²) in [6, 6.07) is 4.74. The third kappa shape index (κ3) is 2.07. The topological polar surface area (TPSA) is 101 Å². The van der Waals surface area contributed by atoms with Gasteiger partial charge in [0, 0.05) is 12.7 Å². The Labute approximate surface area is 104 Å². The highest BCUT2D eigenvalue weighted by molar-refractivity contribution is 5.81. The molecule has 0 spiro atoms. The number of aromatic nitrogens is 1. The first-order valence-corrected chi connectivity index (χ1v) is 5.76. The number of hydrogen-bond donors (Lipinski definition) is 2. The highest BCUT2D eigenvalue weighted by Gasteiger charge is 2.33. The van der Waals surface area contributed by atoms with E-state index in [0.29, 0.717) is 13.0 Å². The van der Waals surface area contributed by atoms with Crippen LogP contribution in [0.5, 0.6) is 0 Å². The molecular weight excluding hydrogens is 232 g/mol. The summed E-state index contributed by atoms with van der Waals surface area (Å²) in [7, 11) is 0. The zero-order valence-corrected chi connectivity index (χ0v) is 9.80.